The molecule has 1 aliphatic rings. The van der Waals surface area contributed by atoms with Crippen LogP contribution in [-0.2, 0) is 11.0 Å². The molecule has 0 bridgehead atoms. The average Bonchev–Trinajstić information content (AvgIpc) is 3.02. The van der Waals surface area contributed by atoms with Gasteiger partial charge in [0, 0.05) is 24.5 Å². The minimum absolute atomic E-state index is 0.140. The number of nitrogens with one attached hydrogen (secondary N) is 1. The van der Waals surface area contributed by atoms with Gasteiger partial charge in [-0.15, -0.1) is 10.2 Å². The quantitative estimate of drug-likeness (QED) is 0.578. The summed E-state index contributed by atoms with van der Waals surface area (Å²) in [7, 11) is 0. The molecule has 28 heavy (non-hydrogen) atoms. The maximum absolute atomic E-state index is 12.6. The summed E-state index contributed by atoms with van der Waals surface area (Å²) in [6.45, 7) is 4.29. The molecule has 0 atom stereocenters. The molecule has 1 saturated heterocycles. The number of nitrogens with two attached hydrogens (primary N) is 1. The highest BCUT2D eigenvalue weighted by atomic mass is 32.2. The van der Waals surface area contributed by atoms with Crippen molar-refractivity contribution in [3.05, 3.63) is 30.1 Å². The summed E-state index contributed by atoms with van der Waals surface area (Å²) in [6.07, 6.45) is -2.37. The number of carbonyl (C=O) groups excluding carboxylic acids is 1. The number of hydrogen-bond donors (Lipinski definition) is 2. The predicted molar refractivity (Wildman–Crippen MR) is 102 cm³/mol. The largest absolute Gasteiger partial charge is 0.453 e. The van der Waals surface area contributed by atoms with Crippen LogP contribution in [0.5, 0.6) is 0 Å². The average molecular weight is 414 g/mol. The molecule has 11 heteroatoms. The Morgan fingerprint density at radius 3 is 2.46 bits per heavy atom. The van der Waals surface area contributed by atoms with E-state index in [1.54, 1.807) is 0 Å². The van der Waals surface area contributed by atoms with Crippen LogP contribution in [-0.4, -0.2) is 39.6 Å². The Balaban J connectivity index is 1.52. The number of nitrogens with zero attached hydrogens (tertiary/aromatic N) is 4. The van der Waals surface area contributed by atoms with Crippen molar-refractivity contribution in [2.75, 3.05) is 34.9 Å². The number of alkyl halides is 3. The lowest BCUT2D eigenvalue weighted by molar-refractivity contribution is -0.146. The van der Waals surface area contributed by atoms with Gasteiger partial charge in [-0.1, -0.05) is 18.7 Å². The van der Waals surface area contributed by atoms with Gasteiger partial charge in [0.25, 0.3) is 5.82 Å². The Morgan fingerprint density at radius 2 is 1.89 bits per heavy atom. The summed E-state index contributed by atoms with van der Waals surface area (Å²) >= 11 is 0.781. The molecular weight excluding hydrogens is 393 g/mol. The zero-order valence-electron chi connectivity index (χ0n) is 15.2. The number of anilines is 2. The lowest BCUT2D eigenvalue weighted by Gasteiger charge is -2.32. The number of rotatable bonds is 5. The number of amides is 1. The van der Waals surface area contributed by atoms with Crippen molar-refractivity contribution in [2.24, 2.45) is 5.92 Å². The smallest absolute Gasteiger partial charge is 0.372 e. The topological polar surface area (TPSA) is 89.1 Å². The molecule has 0 unspecified atom stereocenters. The first kappa shape index (κ1) is 20.3. The van der Waals surface area contributed by atoms with E-state index in [2.05, 4.69) is 27.3 Å². The van der Waals surface area contributed by atoms with Crippen molar-refractivity contribution >= 4 is 29.0 Å². The van der Waals surface area contributed by atoms with Gasteiger partial charge in [-0.3, -0.25) is 4.79 Å². The SMILES string of the molecule is CC1CCN(c2ccc(NC(=O)CSc3nnc(C(F)(F)F)n3N)cc2)CC1. The highest BCUT2D eigenvalue weighted by Crippen LogP contribution is 2.29. The molecule has 0 radical (unpaired) electrons. The van der Waals surface area contributed by atoms with Crippen molar-refractivity contribution in [1.29, 1.82) is 0 Å². The zero-order chi connectivity index (χ0) is 20.3. The molecule has 0 saturated carbocycles. The molecule has 152 valence electrons. The van der Waals surface area contributed by atoms with E-state index < -0.39 is 12.0 Å². The van der Waals surface area contributed by atoms with Gasteiger partial charge in [0.2, 0.25) is 11.1 Å². The molecule has 0 spiro atoms. The van der Waals surface area contributed by atoms with Crippen LogP contribution in [0.15, 0.2) is 29.4 Å². The van der Waals surface area contributed by atoms with Crippen molar-refractivity contribution in [2.45, 2.75) is 31.1 Å². The number of hydrogen-bond acceptors (Lipinski definition) is 6. The lowest BCUT2D eigenvalue weighted by atomic mass is 9.99. The molecule has 2 aromatic rings. The van der Waals surface area contributed by atoms with Crippen molar-refractivity contribution in [3.8, 4) is 0 Å². The van der Waals surface area contributed by atoms with E-state index in [-0.39, 0.29) is 16.8 Å². The van der Waals surface area contributed by atoms with Crippen molar-refractivity contribution in [1.82, 2.24) is 14.9 Å². The fraction of sp³-hybridized carbons (Fsp3) is 0.471. The molecule has 1 aromatic heterocycles. The van der Waals surface area contributed by atoms with Crippen LogP contribution in [0.1, 0.15) is 25.6 Å². The number of piperidine rings is 1. The van der Waals surface area contributed by atoms with Crippen molar-refractivity contribution < 1.29 is 18.0 Å². The van der Waals surface area contributed by atoms with Gasteiger partial charge in [0.1, 0.15) is 0 Å². The number of aromatic nitrogens is 3. The molecule has 7 nitrogen and oxygen atoms in total. The number of carbonyl (C=O) groups is 1. The molecule has 1 aliphatic heterocycles. The third-order valence-electron chi connectivity index (χ3n) is 4.55. The predicted octanol–water partition coefficient (Wildman–Crippen LogP) is 2.98. The first-order valence-electron chi connectivity index (χ1n) is 8.79. The molecule has 1 fully saturated rings. The summed E-state index contributed by atoms with van der Waals surface area (Å²) < 4.78 is 38.3. The number of halogens is 3. The van der Waals surface area contributed by atoms with E-state index in [1.807, 2.05) is 24.3 Å². The number of thioether (sulfide) groups is 1. The van der Waals surface area contributed by atoms with Gasteiger partial charge in [0.15, 0.2) is 0 Å². The van der Waals surface area contributed by atoms with Gasteiger partial charge >= 0.3 is 6.18 Å². The Kier molecular flexibility index (Phi) is 6.01. The molecule has 1 aromatic carbocycles. The van der Waals surface area contributed by atoms with Crippen LogP contribution in [0.3, 0.4) is 0 Å². The normalized spacial score (nSPS) is 15.6. The highest BCUT2D eigenvalue weighted by molar-refractivity contribution is 7.99. The van der Waals surface area contributed by atoms with Gasteiger partial charge < -0.3 is 16.1 Å². The molecule has 3 N–H and O–H groups in total. The third-order valence-corrected chi connectivity index (χ3v) is 5.49. The molecule has 3 rings (SSSR count). The maximum atomic E-state index is 12.6. The second kappa shape index (κ2) is 8.29. The minimum Gasteiger partial charge on any atom is -0.372 e. The Hall–Kier alpha value is -2.43. The van der Waals surface area contributed by atoms with Gasteiger partial charge in [-0.25, -0.2) is 4.68 Å². The summed E-state index contributed by atoms with van der Waals surface area (Å²) in [5.41, 5.74) is 1.72. The summed E-state index contributed by atoms with van der Waals surface area (Å²) in [5.74, 6) is 4.27. The van der Waals surface area contributed by atoms with E-state index in [9.17, 15) is 18.0 Å². The first-order chi connectivity index (χ1) is 13.2. The molecule has 0 aliphatic carbocycles. The van der Waals surface area contributed by atoms with E-state index in [1.165, 1.54) is 0 Å². The second-order valence-electron chi connectivity index (χ2n) is 6.73. The fourth-order valence-corrected chi connectivity index (χ4v) is 3.57. The Morgan fingerprint density at radius 1 is 1.25 bits per heavy atom. The maximum Gasteiger partial charge on any atom is 0.453 e. The van der Waals surface area contributed by atoms with E-state index in [0.717, 1.165) is 49.3 Å². The highest BCUT2D eigenvalue weighted by Gasteiger charge is 2.38. The third kappa shape index (κ3) is 4.89. The van der Waals surface area contributed by atoms with Gasteiger partial charge in [-0.2, -0.15) is 13.2 Å². The van der Waals surface area contributed by atoms with Gasteiger partial charge in [-0.05, 0) is 43.0 Å². The van der Waals surface area contributed by atoms with E-state index >= 15 is 0 Å². The summed E-state index contributed by atoms with van der Waals surface area (Å²) in [5, 5.41) is 8.91. The monoisotopic (exact) mass is 414 g/mol. The standard InChI is InChI=1S/C17H21F3N6OS/c1-11-6-8-25(9-7-11)13-4-2-12(3-5-13)22-14(27)10-28-16-24-23-15(26(16)21)17(18,19)20/h2-5,11H,6-10,21H2,1H3,(H,22,27). The van der Waals surface area contributed by atoms with Crippen LogP contribution in [0.25, 0.3) is 0 Å². The summed E-state index contributed by atoms with van der Waals surface area (Å²) in [6, 6.07) is 7.52. The number of nitrogen functional groups attached to an aromatic ring is 1. The van der Waals surface area contributed by atoms with Crippen LogP contribution in [0.4, 0.5) is 24.5 Å². The fourth-order valence-electron chi connectivity index (χ4n) is 2.92. The zero-order valence-corrected chi connectivity index (χ0v) is 16.1. The lowest BCUT2D eigenvalue weighted by Crippen LogP contribution is -2.32. The number of benzene rings is 1. The first-order valence-corrected chi connectivity index (χ1v) is 9.78. The molecule has 1 amide bonds. The molecular formula is C17H21F3N6OS. The minimum atomic E-state index is -4.70. The van der Waals surface area contributed by atoms with Crippen LogP contribution >= 0.6 is 11.8 Å². The van der Waals surface area contributed by atoms with E-state index in [4.69, 9.17) is 5.84 Å². The van der Waals surface area contributed by atoms with Crippen LogP contribution < -0.4 is 16.1 Å². The summed E-state index contributed by atoms with van der Waals surface area (Å²) in [4.78, 5) is 14.4. The van der Waals surface area contributed by atoms with Gasteiger partial charge in [0.05, 0.1) is 5.75 Å². The molecule has 2 heterocycles. The van der Waals surface area contributed by atoms with Crippen LogP contribution in [0.2, 0.25) is 0 Å². The van der Waals surface area contributed by atoms with E-state index in [0.29, 0.717) is 10.4 Å². The second-order valence-corrected chi connectivity index (χ2v) is 7.67. The van der Waals surface area contributed by atoms with Crippen LogP contribution in [0, 0.1) is 5.92 Å². The Bertz CT molecular complexity index is 815. The van der Waals surface area contributed by atoms with Crippen molar-refractivity contribution in [3.63, 3.8) is 0 Å². The Labute approximate surface area is 164 Å².